The molecule has 1 aromatic carbocycles. The van der Waals surface area contributed by atoms with E-state index in [2.05, 4.69) is 41.0 Å². The second-order valence-corrected chi connectivity index (χ2v) is 9.34. The van der Waals surface area contributed by atoms with Gasteiger partial charge in [0.2, 0.25) is 5.91 Å². The topological polar surface area (TPSA) is 58.8 Å². The molecule has 1 aromatic rings. The number of fused-ring (bicyclic) bond motifs is 4. The standard InChI is InChI=1S/C24H37N3O2/c1-3-4-6-21(25)24(28)26-14-17-13-19(16-26)23-8-5-7-22(27(23)15-17)18-9-11-20(29-2)12-10-18/h9-12,17,19,21-23H,3-8,13-16,25H2,1-2H3/t17-,19+,21-,22+,23-/m0/s1. The van der Waals surface area contributed by atoms with Gasteiger partial charge in [-0.25, -0.2) is 0 Å². The summed E-state index contributed by atoms with van der Waals surface area (Å²) in [6.45, 7) is 5.03. The van der Waals surface area contributed by atoms with E-state index in [-0.39, 0.29) is 11.9 Å². The van der Waals surface area contributed by atoms with Crippen molar-refractivity contribution in [2.24, 2.45) is 17.6 Å². The van der Waals surface area contributed by atoms with Crippen molar-refractivity contribution in [1.82, 2.24) is 9.80 Å². The number of carbonyl (C=O) groups is 1. The molecule has 0 radical (unpaired) electrons. The number of carbonyl (C=O) groups excluding carboxylic acids is 1. The van der Waals surface area contributed by atoms with Gasteiger partial charge in [0.15, 0.2) is 0 Å². The van der Waals surface area contributed by atoms with Gasteiger partial charge in [0, 0.05) is 31.7 Å². The molecule has 0 aromatic heterocycles. The summed E-state index contributed by atoms with van der Waals surface area (Å²) >= 11 is 0. The van der Waals surface area contributed by atoms with Gasteiger partial charge in [-0.3, -0.25) is 9.69 Å². The van der Waals surface area contributed by atoms with E-state index in [4.69, 9.17) is 10.5 Å². The van der Waals surface area contributed by atoms with Crippen LogP contribution >= 0.6 is 0 Å². The number of nitrogens with two attached hydrogens (primary N) is 1. The Hall–Kier alpha value is -1.59. The second kappa shape index (κ2) is 9.05. The molecule has 1 amide bonds. The molecule has 3 aliphatic rings. The second-order valence-electron chi connectivity index (χ2n) is 9.34. The Bertz CT molecular complexity index is 692. The third kappa shape index (κ3) is 4.31. The number of hydrogen-bond donors (Lipinski definition) is 1. The van der Waals surface area contributed by atoms with Gasteiger partial charge in [0.25, 0.3) is 0 Å². The number of unbranched alkanes of at least 4 members (excludes halogenated alkanes) is 1. The first kappa shape index (κ1) is 20.7. The van der Waals surface area contributed by atoms with E-state index in [0.717, 1.165) is 44.6 Å². The lowest BCUT2D eigenvalue weighted by atomic mass is 9.73. The van der Waals surface area contributed by atoms with Gasteiger partial charge in [0.05, 0.1) is 13.2 Å². The molecular formula is C24H37N3O2. The van der Waals surface area contributed by atoms with Crippen LogP contribution in [0.3, 0.4) is 0 Å². The van der Waals surface area contributed by atoms with Crippen LogP contribution in [0.25, 0.3) is 0 Å². The predicted molar refractivity (Wildman–Crippen MR) is 116 cm³/mol. The molecule has 3 aliphatic heterocycles. The molecule has 0 aliphatic carbocycles. The van der Waals surface area contributed by atoms with Crippen molar-refractivity contribution in [1.29, 1.82) is 0 Å². The highest BCUT2D eigenvalue weighted by atomic mass is 16.5. The van der Waals surface area contributed by atoms with Crippen molar-refractivity contribution in [3.8, 4) is 5.75 Å². The molecule has 5 nitrogen and oxygen atoms in total. The highest BCUT2D eigenvalue weighted by molar-refractivity contribution is 5.81. The molecular weight excluding hydrogens is 362 g/mol. The van der Waals surface area contributed by atoms with E-state index in [9.17, 15) is 4.79 Å². The van der Waals surface area contributed by atoms with Crippen LogP contribution in [0.5, 0.6) is 5.75 Å². The van der Waals surface area contributed by atoms with Gasteiger partial charge < -0.3 is 15.4 Å². The van der Waals surface area contributed by atoms with Crippen molar-refractivity contribution < 1.29 is 9.53 Å². The van der Waals surface area contributed by atoms with Crippen molar-refractivity contribution in [3.05, 3.63) is 29.8 Å². The fourth-order valence-corrected chi connectivity index (χ4v) is 5.95. The van der Waals surface area contributed by atoms with E-state index in [1.807, 2.05) is 0 Å². The molecule has 2 bridgehead atoms. The first-order chi connectivity index (χ1) is 14.1. The Morgan fingerprint density at radius 1 is 1.21 bits per heavy atom. The lowest BCUT2D eigenvalue weighted by molar-refractivity contribution is -0.140. The zero-order valence-electron chi connectivity index (χ0n) is 18.1. The van der Waals surface area contributed by atoms with Crippen LogP contribution in [0.2, 0.25) is 0 Å². The molecule has 160 valence electrons. The summed E-state index contributed by atoms with van der Waals surface area (Å²) in [6, 6.07) is 9.42. The third-order valence-corrected chi connectivity index (χ3v) is 7.38. The Balaban J connectivity index is 1.46. The van der Waals surface area contributed by atoms with Gasteiger partial charge in [0.1, 0.15) is 5.75 Å². The molecule has 0 saturated carbocycles. The van der Waals surface area contributed by atoms with Crippen molar-refractivity contribution >= 4 is 5.91 Å². The Morgan fingerprint density at radius 2 is 2.00 bits per heavy atom. The Kier molecular flexibility index (Phi) is 6.45. The molecule has 0 spiro atoms. The minimum Gasteiger partial charge on any atom is -0.497 e. The summed E-state index contributed by atoms with van der Waals surface area (Å²) in [5.74, 6) is 2.27. The van der Waals surface area contributed by atoms with Gasteiger partial charge in [-0.2, -0.15) is 0 Å². The molecule has 3 fully saturated rings. The highest BCUT2D eigenvalue weighted by Crippen LogP contribution is 2.44. The number of methoxy groups -OCH3 is 1. The zero-order valence-corrected chi connectivity index (χ0v) is 18.1. The van der Waals surface area contributed by atoms with Gasteiger partial charge in [-0.1, -0.05) is 31.9 Å². The Labute approximate surface area is 175 Å². The highest BCUT2D eigenvalue weighted by Gasteiger charge is 2.46. The number of nitrogens with zero attached hydrogens (tertiary/aromatic N) is 2. The third-order valence-electron chi connectivity index (χ3n) is 7.38. The molecule has 3 heterocycles. The maximum Gasteiger partial charge on any atom is 0.239 e. The average molecular weight is 400 g/mol. The van der Waals surface area contributed by atoms with E-state index in [0.29, 0.717) is 23.9 Å². The van der Waals surface area contributed by atoms with Crippen LogP contribution in [0, 0.1) is 11.8 Å². The molecule has 0 unspecified atom stereocenters. The maximum atomic E-state index is 12.9. The fourth-order valence-electron chi connectivity index (χ4n) is 5.95. The lowest BCUT2D eigenvalue weighted by Crippen LogP contribution is -2.61. The van der Waals surface area contributed by atoms with E-state index >= 15 is 0 Å². The predicted octanol–water partition coefficient (Wildman–Crippen LogP) is 3.59. The number of benzene rings is 1. The largest absolute Gasteiger partial charge is 0.497 e. The summed E-state index contributed by atoms with van der Waals surface area (Å²) in [4.78, 5) is 17.8. The maximum absolute atomic E-state index is 12.9. The van der Waals surface area contributed by atoms with E-state index in [1.165, 1.54) is 31.2 Å². The van der Waals surface area contributed by atoms with Crippen LogP contribution in [0.4, 0.5) is 0 Å². The Morgan fingerprint density at radius 3 is 2.72 bits per heavy atom. The fraction of sp³-hybridized carbons (Fsp3) is 0.708. The minimum absolute atomic E-state index is 0.184. The number of amides is 1. The summed E-state index contributed by atoms with van der Waals surface area (Å²) in [6.07, 6.45) is 7.97. The van der Waals surface area contributed by atoms with Crippen molar-refractivity contribution in [2.45, 2.75) is 70.0 Å². The number of hydrogen-bond acceptors (Lipinski definition) is 4. The zero-order chi connectivity index (χ0) is 20.4. The van der Waals surface area contributed by atoms with E-state index in [1.54, 1.807) is 7.11 Å². The summed E-state index contributed by atoms with van der Waals surface area (Å²) in [5, 5.41) is 0. The minimum atomic E-state index is -0.316. The van der Waals surface area contributed by atoms with Crippen LogP contribution in [0.1, 0.15) is 63.5 Å². The van der Waals surface area contributed by atoms with Gasteiger partial charge >= 0.3 is 0 Å². The molecule has 29 heavy (non-hydrogen) atoms. The number of likely N-dealkylation sites (tertiary alicyclic amines) is 1. The molecule has 3 saturated heterocycles. The normalized spacial score (nSPS) is 30.5. The molecule has 5 atom stereocenters. The first-order valence-corrected chi connectivity index (χ1v) is 11.5. The smallest absolute Gasteiger partial charge is 0.239 e. The summed E-state index contributed by atoms with van der Waals surface area (Å²) < 4.78 is 5.34. The van der Waals surface area contributed by atoms with Crippen LogP contribution in [0.15, 0.2) is 24.3 Å². The quantitative estimate of drug-likeness (QED) is 0.794. The van der Waals surface area contributed by atoms with Crippen molar-refractivity contribution in [2.75, 3.05) is 26.7 Å². The number of piperidine rings is 3. The number of rotatable bonds is 6. The van der Waals surface area contributed by atoms with E-state index < -0.39 is 0 Å². The molecule has 4 rings (SSSR count). The molecule has 5 heteroatoms. The first-order valence-electron chi connectivity index (χ1n) is 11.5. The van der Waals surface area contributed by atoms with Crippen LogP contribution in [-0.2, 0) is 4.79 Å². The monoisotopic (exact) mass is 399 g/mol. The SMILES string of the molecule is CCCC[C@H](N)C(=O)N1C[C@@H]2C[C@H](C1)[C@@H]1CCC[C@H](c3ccc(OC)cc3)N1C2. The van der Waals surface area contributed by atoms with Gasteiger partial charge in [-0.15, -0.1) is 0 Å². The van der Waals surface area contributed by atoms with Gasteiger partial charge in [-0.05, 0) is 61.6 Å². The number of ether oxygens (including phenoxy) is 1. The van der Waals surface area contributed by atoms with Crippen molar-refractivity contribution in [3.63, 3.8) is 0 Å². The average Bonchev–Trinajstić information content (AvgIpc) is 2.76. The summed E-state index contributed by atoms with van der Waals surface area (Å²) in [5.41, 5.74) is 7.63. The van der Waals surface area contributed by atoms with Crippen LogP contribution in [-0.4, -0.2) is 54.5 Å². The molecule has 2 N–H and O–H groups in total. The lowest BCUT2D eigenvalue weighted by Gasteiger charge is -2.55. The van der Waals surface area contributed by atoms with Crippen LogP contribution < -0.4 is 10.5 Å². The summed E-state index contributed by atoms with van der Waals surface area (Å²) in [7, 11) is 1.72.